The predicted octanol–water partition coefficient (Wildman–Crippen LogP) is 2.36. The largest absolute Gasteiger partial charge is 0.444 e. The third kappa shape index (κ3) is 8.93. The zero-order valence-electron chi connectivity index (χ0n) is 20.0. The molecule has 0 aliphatic heterocycles. The molecule has 0 spiro atoms. The number of aromatic nitrogens is 2. The third-order valence-electron chi connectivity index (χ3n) is 4.37. The quantitative estimate of drug-likeness (QED) is 0.529. The van der Waals surface area contributed by atoms with Crippen LogP contribution < -0.4 is 16.0 Å². The van der Waals surface area contributed by atoms with Gasteiger partial charge in [0.15, 0.2) is 0 Å². The van der Waals surface area contributed by atoms with Crippen molar-refractivity contribution in [3.05, 3.63) is 48.3 Å². The number of hydrogen-bond acceptors (Lipinski definition) is 6. The number of nitrogens with zero attached hydrogens (tertiary/aromatic N) is 2. The van der Waals surface area contributed by atoms with Crippen LogP contribution in [0.25, 0.3) is 0 Å². The molecule has 0 aliphatic rings. The molecule has 2 rings (SSSR count). The zero-order chi connectivity index (χ0) is 24.6. The lowest BCUT2D eigenvalue weighted by Crippen LogP contribution is -2.59. The van der Waals surface area contributed by atoms with E-state index in [1.165, 1.54) is 20.0 Å². The van der Waals surface area contributed by atoms with Gasteiger partial charge in [0.25, 0.3) is 0 Å². The highest BCUT2D eigenvalue weighted by molar-refractivity contribution is 5.99. The van der Waals surface area contributed by atoms with Gasteiger partial charge in [0.1, 0.15) is 17.2 Å². The van der Waals surface area contributed by atoms with Crippen LogP contribution in [0.4, 0.5) is 10.5 Å². The second-order valence-corrected chi connectivity index (χ2v) is 9.17. The SMILES string of the molecule is Cn1cc(NC(=O)C(COCc2ccccc2)NC(=O)C(C)(C)NC(=O)OC(C)(C)C)cn1. The Hall–Kier alpha value is -3.40. The van der Waals surface area contributed by atoms with Crippen molar-refractivity contribution in [3.8, 4) is 0 Å². The summed E-state index contributed by atoms with van der Waals surface area (Å²) in [4.78, 5) is 38.0. The minimum Gasteiger partial charge on any atom is -0.444 e. The van der Waals surface area contributed by atoms with Gasteiger partial charge in [0, 0.05) is 13.2 Å². The molecule has 1 unspecified atom stereocenters. The molecule has 1 heterocycles. The summed E-state index contributed by atoms with van der Waals surface area (Å²) in [5.74, 6) is -1.04. The van der Waals surface area contributed by atoms with Crippen molar-refractivity contribution in [2.24, 2.45) is 7.05 Å². The summed E-state index contributed by atoms with van der Waals surface area (Å²) in [5, 5.41) is 11.9. The van der Waals surface area contributed by atoms with Crippen LogP contribution >= 0.6 is 0 Å². The first-order valence-corrected chi connectivity index (χ1v) is 10.6. The average Bonchev–Trinajstić information content (AvgIpc) is 3.10. The monoisotopic (exact) mass is 459 g/mol. The van der Waals surface area contributed by atoms with Gasteiger partial charge in [-0.25, -0.2) is 4.79 Å². The number of hydrogen-bond donors (Lipinski definition) is 3. The molecule has 0 saturated carbocycles. The Morgan fingerprint density at radius 1 is 1.09 bits per heavy atom. The van der Waals surface area contributed by atoms with Crippen molar-refractivity contribution in [2.45, 2.75) is 58.4 Å². The van der Waals surface area contributed by atoms with Crippen LogP contribution in [-0.4, -0.2) is 51.5 Å². The van der Waals surface area contributed by atoms with Gasteiger partial charge in [-0.2, -0.15) is 5.10 Å². The number of nitrogens with one attached hydrogen (secondary N) is 3. The van der Waals surface area contributed by atoms with E-state index >= 15 is 0 Å². The molecule has 0 bridgehead atoms. The minimum absolute atomic E-state index is 0.0742. The molecule has 2 aromatic rings. The van der Waals surface area contributed by atoms with Crippen molar-refractivity contribution in [1.82, 2.24) is 20.4 Å². The lowest BCUT2D eigenvalue weighted by Gasteiger charge is -2.29. The smallest absolute Gasteiger partial charge is 0.408 e. The van der Waals surface area contributed by atoms with Crippen molar-refractivity contribution in [1.29, 1.82) is 0 Å². The first kappa shape index (κ1) is 25.9. The Morgan fingerprint density at radius 2 is 1.76 bits per heavy atom. The van der Waals surface area contributed by atoms with Gasteiger partial charge in [-0.1, -0.05) is 30.3 Å². The first-order valence-electron chi connectivity index (χ1n) is 10.6. The number of ether oxygens (including phenoxy) is 2. The van der Waals surface area contributed by atoms with Gasteiger partial charge >= 0.3 is 6.09 Å². The number of anilines is 1. The van der Waals surface area contributed by atoms with Gasteiger partial charge in [-0.05, 0) is 40.2 Å². The number of aryl methyl sites for hydroxylation is 1. The molecule has 1 aromatic heterocycles. The number of rotatable bonds is 9. The summed E-state index contributed by atoms with van der Waals surface area (Å²) in [6, 6.07) is 8.46. The molecule has 10 nitrogen and oxygen atoms in total. The summed E-state index contributed by atoms with van der Waals surface area (Å²) >= 11 is 0. The van der Waals surface area contributed by atoms with Crippen molar-refractivity contribution in [2.75, 3.05) is 11.9 Å². The maximum absolute atomic E-state index is 12.9. The fraction of sp³-hybridized carbons (Fsp3) is 0.478. The highest BCUT2D eigenvalue weighted by Gasteiger charge is 2.34. The molecular formula is C23H33N5O5. The molecule has 1 aromatic carbocycles. The molecule has 0 saturated heterocycles. The van der Waals surface area contributed by atoms with E-state index in [9.17, 15) is 14.4 Å². The summed E-state index contributed by atoms with van der Waals surface area (Å²) in [5.41, 5.74) is -0.638. The van der Waals surface area contributed by atoms with Gasteiger partial charge in [0.2, 0.25) is 11.8 Å². The Morgan fingerprint density at radius 3 is 2.33 bits per heavy atom. The molecule has 0 aliphatic carbocycles. The van der Waals surface area contributed by atoms with Crippen LogP contribution in [0.5, 0.6) is 0 Å². The summed E-state index contributed by atoms with van der Waals surface area (Å²) in [6.07, 6.45) is 2.39. The maximum atomic E-state index is 12.9. The maximum Gasteiger partial charge on any atom is 0.408 e. The second kappa shape index (κ2) is 11.0. The van der Waals surface area contributed by atoms with Crippen molar-refractivity contribution >= 4 is 23.6 Å². The number of alkyl carbamates (subject to hydrolysis) is 1. The molecule has 0 radical (unpaired) electrons. The van der Waals surface area contributed by atoms with Gasteiger partial charge < -0.3 is 25.4 Å². The van der Waals surface area contributed by atoms with Crippen LogP contribution in [0.1, 0.15) is 40.2 Å². The van der Waals surface area contributed by atoms with Crippen molar-refractivity contribution in [3.63, 3.8) is 0 Å². The fourth-order valence-electron chi connectivity index (χ4n) is 2.72. The zero-order valence-corrected chi connectivity index (χ0v) is 20.0. The van der Waals surface area contributed by atoms with Crippen LogP contribution in [-0.2, 0) is 32.7 Å². The molecule has 180 valence electrons. The molecule has 0 fully saturated rings. The van der Waals surface area contributed by atoms with E-state index < -0.39 is 35.1 Å². The highest BCUT2D eigenvalue weighted by atomic mass is 16.6. The Balaban J connectivity index is 2.06. The second-order valence-electron chi connectivity index (χ2n) is 9.17. The summed E-state index contributed by atoms with van der Waals surface area (Å²) in [7, 11) is 1.72. The van der Waals surface area contributed by atoms with Gasteiger partial charge in [0.05, 0.1) is 25.1 Å². The van der Waals surface area contributed by atoms with Crippen LogP contribution in [0, 0.1) is 0 Å². The summed E-state index contributed by atoms with van der Waals surface area (Å²) < 4.78 is 12.5. The van der Waals surface area contributed by atoms with E-state index in [4.69, 9.17) is 9.47 Å². The molecule has 10 heteroatoms. The van der Waals surface area contributed by atoms with Crippen LogP contribution in [0.3, 0.4) is 0 Å². The van der Waals surface area contributed by atoms with E-state index in [0.29, 0.717) is 5.69 Å². The number of benzene rings is 1. The highest BCUT2D eigenvalue weighted by Crippen LogP contribution is 2.11. The number of amides is 3. The molecule has 3 N–H and O–H groups in total. The minimum atomic E-state index is -1.34. The van der Waals surface area contributed by atoms with E-state index in [0.717, 1.165) is 5.56 Å². The Labute approximate surface area is 194 Å². The van der Waals surface area contributed by atoms with E-state index in [1.807, 2.05) is 30.3 Å². The van der Waals surface area contributed by atoms with E-state index in [1.54, 1.807) is 38.7 Å². The van der Waals surface area contributed by atoms with Crippen LogP contribution in [0.15, 0.2) is 42.7 Å². The average molecular weight is 460 g/mol. The van der Waals surface area contributed by atoms with Crippen LogP contribution in [0.2, 0.25) is 0 Å². The Bertz CT molecular complexity index is 950. The lowest BCUT2D eigenvalue weighted by molar-refractivity contribution is -0.131. The molecule has 1 atom stereocenters. The normalized spacial score (nSPS) is 12.5. The summed E-state index contributed by atoms with van der Waals surface area (Å²) in [6.45, 7) is 8.41. The van der Waals surface area contributed by atoms with Gasteiger partial charge in [-0.3, -0.25) is 14.3 Å². The first-order chi connectivity index (χ1) is 15.4. The fourth-order valence-corrected chi connectivity index (χ4v) is 2.72. The predicted molar refractivity (Wildman–Crippen MR) is 123 cm³/mol. The van der Waals surface area contributed by atoms with Crippen molar-refractivity contribution < 1.29 is 23.9 Å². The Kier molecular flexibility index (Phi) is 8.58. The standard InChI is InChI=1S/C23H33N5O5/c1-22(2,3)33-21(31)27-23(4,5)20(30)26-18(15-32-14-16-10-8-7-9-11-16)19(29)25-17-12-24-28(6)13-17/h7-13,18H,14-15H2,1-6H3,(H,25,29)(H,26,30)(H,27,31). The molecule has 3 amide bonds. The third-order valence-corrected chi connectivity index (χ3v) is 4.37. The lowest BCUT2D eigenvalue weighted by atomic mass is 10.0. The number of carbonyl (C=O) groups excluding carboxylic acids is 3. The molecule has 33 heavy (non-hydrogen) atoms. The number of carbonyl (C=O) groups is 3. The topological polar surface area (TPSA) is 124 Å². The van der Waals surface area contributed by atoms with E-state index in [2.05, 4.69) is 21.0 Å². The van der Waals surface area contributed by atoms with E-state index in [-0.39, 0.29) is 13.2 Å². The van der Waals surface area contributed by atoms with Gasteiger partial charge in [-0.15, -0.1) is 0 Å². The molecular weight excluding hydrogens is 426 g/mol.